The highest BCUT2D eigenvalue weighted by atomic mass is 35.5. The Morgan fingerprint density at radius 2 is 1.87 bits per heavy atom. The zero-order valence-corrected chi connectivity index (χ0v) is 8.95. The van der Waals surface area contributed by atoms with Crippen LogP contribution in [0.1, 0.15) is 30.9 Å². The summed E-state index contributed by atoms with van der Waals surface area (Å²) in [5.74, 6) is -1.11. The Labute approximate surface area is 92.4 Å². The molecule has 82 valence electrons. The molecule has 0 radical (unpaired) electrons. The van der Waals surface area contributed by atoms with Crippen molar-refractivity contribution in [2.75, 3.05) is 6.54 Å². The van der Waals surface area contributed by atoms with Crippen LogP contribution >= 0.6 is 11.6 Å². The van der Waals surface area contributed by atoms with E-state index in [1.54, 1.807) is 0 Å². The minimum Gasteiger partial charge on any atom is -0.310 e. The molecular weight excluding hydrogens is 220 g/mol. The molecular formula is C11H12ClF2N. The van der Waals surface area contributed by atoms with Crippen molar-refractivity contribution in [2.45, 2.75) is 25.3 Å². The first-order chi connectivity index (χ1) is 7.18. The Morgan fingerprint density at radius 1 is 1.20 bits per heavy atom. The molecule has 1 fully saturated rings. The zero-order chi connectivity index (χ0) is 10.8. The van der Waals surface area contributed by atoms with Crippen molar-refractivity contribution in [3.63, 3.8) is 0 Å². The second-order valence-corrected chi connectivity index (χ2v) is 4.22. The van der Waals surface area contributed by atoms with Gasteiger partial charge in [0.05, 0.1) is 0 Å². The molecule has 0 saturated carbocycles. The van der Waals surface area contributed by atoms with Crippen molar-refractivity contribution in [1.29, 1.82) is 0 Å². The van der Waals surface area contributed by atoms with E-state index in [2.05, 4.69) is 5.32 Å². The summed E-state index contributed by atoms with van der Waals surface area (Å²) in [6, 6.07) is 2.11. The Morgan fingerprint density at radius 3 is 2.40 bits per heavy atom. The average Bonchev–Trinajstić information content (AvgIpc) is 2.17. The topological polar surface area (TPSA) is 12.0 Å². The lowest BCUT2D eigenvalue weighted by Crippen LogP contribution is -2.28. The van der Waals surface area contributed by atoms with Crippen LogP contribution in [0.4, 0.5) is 8.78 Å². The van der Waals surface area contributed by atoms with Crippen LogP contribution in [-0.4, -0.2) is 6.54 Å². The second kappa shape index (κ2) is 4.45. The first-order valence-electron chi connectivity index (χ1n) is 5.06. The summed E-state index contributed by atoms with van der Waals surface area (Å²) in [4.78, 5) is 0. The molecule has 1 nitrogen and oxygen atoms in total. The number of rotatable bonds is 1. The van der Waals surface area contributed by atoms with Crippen LogP contribution in [0, 0.1) is 11.6 Å². The minimum absolute atomic E-state index is 0.101. The Balaban J connectivity index is 2.33. The van der Waals surface area contributed by atoms with Crippen LogP contribution in [0.3, 0.4) is 0 Å². The van der Waals surface area contributed by atoms with Crippen LogP contribution in [-0.2, 0) is 0 Å². The van der Waals surface area contributed by atoms with E-state index in [-0.39, 0.29) is 16.6 Å². The molecule has 1 heterocycles. The maximum atomic E-state index is 13.5. The van der Waals surface area contributed by atoms with Crippen molar-refractivity contribution < 1.29 is 8.78 Å². The first kappa shape index (κ1) is 10.8. The lowest BCUT2D eigenvalue weighted by Gasteiger charge is -2.24. The van der Waals surface area contributed by atoms with Crippen LogP contribution in [0.5, 0.6) is 0 Å². The van der Waals surface area contributed by atoms with Crippen LogP contribution < -0.4 is 5.32 Å². The normalized spacial score (nSPS) is 21.7. The average molecular weight is 232 g/mol. The smallest absolute Gasteiger partial charge is 0.132 e. The molecule has 0 spiro atoms. The van der Waals surface area contributed by atoms with Gasteiger partial charge < -0.3 is 5.32 Å². The van der Waals surface area contributed by atoms with Crippen molar-refractivity contribution >= 4 is 11.6 Å². The largest absolute Gasteiger partial charge is 0.310 e. The van der Waals surface area contributed by atoms with Gasteiger partial charge in [-0.25, -0.2) is 8.78 Å². The lowest BCUT2D eigenvalue weighted by molar-refractivity contribution is 0.385. The molecule has 0 aliphatic carbocycles. The summed E-state index contributed by atoms with van der Waals surface area (Å²) in [5.41, 5.74) is 0.124. The number of piperidine rings is 1. The van der Waals surface area contributed by atoms with Crippen LogP contribution in [0.25, 0.3) is 0 Å². The second-order valence-electron chi connectivity index (χ2n) is 3.79. The molecule has 1 N–H and O–H groups in total. The van der Waals surface area contributed by atoms with Crippen LogP contribution in [0.15, 0.2) is 12.1 Å². The van der Waals surface area contributed by atoms with E-state index in [1.807, 2.05) is 0 Å². The molecule has 1 atom stereocenters. The van der Waals surface area contributed by atoms with Gasteiger partial charge in [-0.15, -0.1) is 0 Å². The third kappa shape index (κ3) is 2.29. The summed E-state index contributed by atoms with van der Waals surface area (Å²) in [6.45, 7) is 0.812. The fourth-order valence-electron chi connectivity index (χ4n) is 1.98. The zero-order valence-electron chi connectivity index (χ0n) is 8.19. The highest BCUT2D eigenvalue weighted by Gasteiger charge is 2.22. The molecule has 4 heteroatoms. The highest BCUT2D eigenvalue weighted by Crippen LogP contribution is 2.29. The van der Waals surface area contributed by atoms with E-state index < -0.39 is 11.6 Å². The van der Waals surface area contributed by atoms with E-state index in [9.17, 15) is 8.78 Å². The lowest BCUT2D eigenvalue weighted by atomic mass is 9.97. The van der Waals surface area contributed by atoms with Crippen molar-refractivity contribution in [3.8, 4) is 0 Å². The van der Waals surface area contributed by atoms with Crippen LogP contribution in [0.2, 0.25) is 5.02 Å². The summed E-state index contributed by atoms with van der Waals surface area (Å²) in [7, 11) is 0. The molecule has 0 aromatic heterocycles. The standard InChI is InChI=1S/C11H12ClF2N/c12-7-5-8(13)11(9(14)6-7)10-3-1-2-4-15-10/h5-6,10,15H,1-4H2. The predicted molar refractivity (Wildman–Crippen MR) is 56.0 cm³/mol. The molecule has 1 aliphatic heterocycles. The Bertz CT molecular complexity index is 339. The number of halogens is 3. The summed E-state index contributed by atoms with van der Waals surface area (Å²) in [6.07, 6.45) is 2.84. The monoisotopic (exact) mass is 231 g/mol. The van der Waals surface area contributed by atoms with E-state index in [0.29, 0.717) is 0 Å². The molecule has 0 amide bonds. The van der Waals surface area contributed by atoms with Gasteiger partial charge in [-0.2, -0.15) is 0 Å². The number of hydrogen-bond acceptors (Lipinski definition) is 1. The SMILES string of the molecule is Fc1cc(Cl)cc(F)c1C1CCCCN1. The van der Waals surface area contributed by atoms with Crippen molar-refractivity contribution in [3.05, 3.63) is 34.4 Å². The van der Waals surface area contributed by atoms with Gasteiger partial charge in [0.15, 0.2) is 0 Å². The van der Waals surface area contributed by atoms with E-state index in [4.69, 9.17) is 11.6 Å². The fraction of sp³-hybridized carbons (Fsp3) is 0.455. The van der Waals surface area contributed by atoms with Gasteiger partial charge in [-0.3, -0.25) is 0 Å². The third-order valence-electron chi connectivity index (χ3n) is 2.70. The third-order valence-corrected chi connectivity index (χ3v) is 2.92. The summed E-state index contributed by atoms with van der Waals surface area (Å²) in [5, 5.41) is 3.21. The van der Waals surface area contributed by atoms with E-state index in [1.165, 1.54) is 0 Å². The molecule has 0 bridgehead atoms. The van der Waals surface area contributed by atoms with Gasteiger partial charge in [-0.1, -0.05) is 18.0 Å². The molecule has 1 unspecified atom stereocenters. The number of hydrogen-bond donors (Lipinski definition) is 1. The van der Waals surface area contributed by atoms with E-state index >= 15 is 0 Å². The Hall–Kier alpha value is -0.670. The Kier molecular flexibility index (Phi) is 3.22. The quantitative estimate of drug-likeness (QED) is 0.781. The molecule has 2 rings (SSSR count). The molecule has 1 aromatic carbocycles. The van der Waals surface area contributed by atoms with Gasteiger partial charge in [0, 0.05) is 16.6 Å². The minimum atomic E-state index is -0.556. The molecule has 1 aliphatic rings. The van der Waals surface area contributed by atoms with Gasteiger partial charge in [0.2, 0.25) is 0 Å². The molecule has 1 saturated heterocycles. The molecule has 15 heavy (non-hydrogen) atoms. The van der Waals surface area contributed by atoms with Crippen molar-refractivity contribution in [2.24, 2.45) is 0 Å². The van der Waals surface area contributed by atoms with Gasteiger partial charge >= 0.3 is 0 Å². The first-order valence-corrected chi connectivity index (χ1v) is 5.44. The van der Waals surface area contributed by atoms with Gasteiger partial charge in [0.25, 0.3) is 0 Å². The highest BCUT2D eigenvalue weighted by molar-refractivity contribution is 6.30. The van der Waals surface area contributed by atoms with Gasteiger partial charge in [0.1, 0.15) is 11.6 Å². The summed E-state index contributed by atoms with van der Waals surface area (Å²) < 4.78 is 27.1. The maximum Gasteiger partial charge on any atom is 0.132 e. The number of nitrogens with one attached hydrogen (secondary N) is 1. The van der Waals surface area contributed by atoms with Crippen molar-refractivity contribution in [1.82, 2.24) is 5.32 Å². The maximum absolute atomic E-state index is 13.5. The summed E-state index contributed by atoms with van der Waals surface area (Å²) >= 11 is 5.56. The molecule has 1 aromatic rings. The predicted octanol–water partition coefficient (Wildman–Crippen LogP) is 3.43. The van der Waals surface area contributed by atoms with E-state index in [0.717, 1.165) is 37.9 Å². The van der Waals surface area contributed by atoms with Gasteiger partial charge in [-0.05, 0) is 31.5 Å². The fourth-order valence-corrected chi connectivity index (χ4v) is 2.18. The number of benzene rings is 1.